The standard InChI is InChI=1S/C19H27NO2S/c1-18(2,3)13-9-12(7-8-15-17(22)20-11-23-15)10-14(16(13)21)19(4,5)6/h8-10,21H,7,11H2,1-6H3,(H,20,22). The Morgan fingerprint density at radius 3 is 2.04 bits per heavy atom. The van der Waals surface area contributed by atoms with Crippen molar-refractivity contribution in [1.29, 1.82) is 0 Å². The number of benzene rings is 1. The van der Waals surface area contributed by atoms with Crippen molar-refractivity contribution in [3.05, 3.63) is 39.8 Å². The average molecular weight is 333 g/mol. The summed E-state index contributed by atoms with van der Waals surface area (Å²) in [6, 6.07) is 4.14. The lowest BCUT2D eigenvalue weighted by Crippen LogP contribution is -2.18. The van der Waals surface area contributed by atoms with Crippen molar-refractivity contribution in [1.82, 2.24) is 5.32 Å². The molecule has 1 aromatic rings. The Bertz CT molecular complexity index is 613. The molecule has 2 N–H and O–H groups in total. The number of hydrogen-bond donors (Lipinski definition) is 2. The molecule has 0 aliphatic carbocycles. The van der Waals surface area contributed by atoms with Gasteiger partial charge in [0.1, 0.15) is 5.75 Å². The van der Waals surface area contributed by atoms with Gasteiger partial charge in [0.15, 0.2) is 0 Å². The third-order valence-corrected chi connectivity index (χ3v) is 4.94. The molecule has 1 fully saturated rings. The van der Waals surface area contributed by atoms with Gasteiger partial charge in [-0.1, -0.05) is 71.5 Å². The topological polar surface area (TPSA) is 49.3 Å². The molecule has 1 amide bonds. The number of allylic oxidation sites excluding steroid dienone is 1. The number of carbonyl (C=O) groups excluding carboxylic acids is 1. The van der Waals surface area contributed by atoms with Crippen LogP contribution in [0.3, 0.4) is 0 Å². The van der Waals surface area contributed by atoms with E-state index in [2.05, 4.69) is 59.0 Å². The van der Waals surface area contributed by atoms with Crippen LogP contribution in [-0.2, 0) is 22.0 Å². The summed E-state index contributed by atoms with van der Waals surface area (Å²) in [6.07, 6.45) is 2.68. The van der Waals surface area contributed by atoms with Crippen LogP contribution in [-0.4, -0.2) is 16.9 Å². The van der Waals surface area contributed by atoms with Crippen LogP contribution in [0.15, 0.2) is 23.1 Å². The molecule has 0 saturated carbocycles. The van der Waals surface area contributed by atoms with Crippen molar-refractivity contribution in [2.75, 3.05) is 5.88 Å². The fourth-order valence-corrected chi connectivity index (χ4v) is 3.41. The highest BCUT2D eigenvalue weighted by Gasteiger charge is 2.26. The van der Waals surface area contributed by atoms with E-state index in [1.807, 2.05) is 6.08 Å². The second-order valence-electron chi connectivity index (χ2n) is 8.11. The van der Waals surface area contributed by atoms with Crippen molar-refractivity contribution in [2.45, 2.75) is 58.8 Å². The highest BCUT2D eigenvalue weighted by Crippen LogP contribution is 2.40. The van der Waals surface area contributed by atoms with E-state index in [0.717, 1.165) is 21.6 Å². The zero-order valence-electron chi connectivity index (χ0n) is 14.9. The van der Waals surface area contributed by atoms with E-state index < -0.39 is 0 Å². The minimum absolute atomic E-state index is 0.0147. The van der Waals surface area contributed by atoms with Gasteiger partial charge in [-0.15, -0.1) is 0 Å². The molecule has 1 saturated heterocycles. The summed E-state index contributed by atoms with van der Waals surface area (Å²) in [5.74, 6) is 1.07. The number of hydrogen-bond acceptors (Lipinski definition) is 3. The SMILES string of the molecule is CC(C)(C)c1cc(CC=C2SCNC2=O)cc(C(C)(C)C)c1O. The maximum atomic E-state index is 11.7. The second kappa shape index (κ2) is 6.23. The molecule has 0 unspecified atom stereocenters. The van der Waals surface area contributed by atoms with Crippen molar-refractivity contribution in [2.24, 2.45) is 0 Å². The van der Waals surface area contributed by atoms with E-state index in [-0.39, 0.29) is 16.7 Å². The monoisotopic (exact) mass is 333 g/mol. The predicted octanol–water partition coefficient (Wildman–Crippen LogP) is 4.23. The Morgan fingerprint density at radius 1 is 1.13 bits per heavy atom. The fourth-order valence-electron chi connectivity index (χ4n) is 2.65. The quantitative estimate of drug-likeness (QED) is 0.796. The largest absolute Gasteiger partial charge is 0.507 e. The molecule has 1 aliphatic heterocycles. The lowest BCUT2D eigenvalue weighted by Gasteiger charge is -2.28. The highest BCUT2D eigenvalue weighted by molar-refractivity contribution is 8.04. The number of rotatable bonds is 2. The maximum Gasteiger partial charge on any atom is 0.258 e. The number of amides is 1. The summed E-state index contributed by atoms with van der Waals surface area (Å²) < 4.78 is 0. The van der Waals surface area contributed by atoms with Gasteiger partial charge < -0.3 is 10.4 Å². The summed E-state index contributed by atoms with van der Waals surface area (Å²) in [5, 5.41) is 13.5. The Balaban J connectivity index is 2.46. The normalized spacial score (nSPS) is 17.7. The third-order valence-electron chi connectivity index (χ3n) is 3.99. The minimum atomic E-state index is -0.132. The zero-order chi connectivity index (χ0) is 17.4. The molecular formula is C19H27NO2S. The molecule has 1 aliphatic rings. The van der Waals surface area contributed by atoms with Gasteiger partial charge in [0, 0.05) is 0 Å². The Morgan fingerprint density at radius 2 is 1.65 bits per heavy atom. The molecule has 4 heteroatoms. The number of phenolic OH excluding ortho intramolecular Hbond substituents is 1. The first-order valence-electron chi connectivity index (χ1n) is 7.98. The van der Waals surface area contributed by atoms with Gasteiger partial charge in [-0.05, 0) is 33.9 Å². The molecule has 0 atom stereocenters. The minimum Gasteiger partial charge on any atom is -0.507 e. The number of nitrogens with one attached hydrogen (secondary N) is 1. The molecular weight excluding hydrogens is 306 g/mol. The first kappa shape index (κ1) is 17.9. The number of phenols is 1. The van der Waals surface area contributed by atoms with Gasteiger partial charge in [0.2, 0.25) is 0 Å². The first-order chi connectivity index (χ1) is 10.5. The van der Waals surface area contributed by atoms with Crippen LogP contribution >= 0.6 is 11.8 Å². The molecule has 0 aromatic heterocycles. The zero-order valence-corrected chi connectivity index (χ0v) is 15.7. The van der Waals surface area contributed by atoms with Gasteiger partial charge in [-0.25, -0.2) is 0 Å². The second-order valence-corrected chi connectivity index (χ2v) is 9.12. The molecule has 0 spiro atoms. The Hall–Kier alpha value is -1.42. The maximum absolute atomic E-state index is 11.7. The van der Waals surface area contributed by atoms with E-state index in [0.29, 0.717) is 18.0 Å². The van der Waals surface area contributed by atoms with Gasteiger partial charge in [-0.2, -0.15) is 0 Å². The van der Waals surface area contributed by atoms with Crippen molar-refractivity contribution in [3.63, 3.8) is 0 Å². The fraction of sp³-hybridized carbons (Fsp3) is 0.526. The van der Waals surface area contributed by atoms with E-state index in [1.54, 1.807) is 11.8 Å². The Kier molecular flexibility index (Phi) is 4.86. The molecule has 23 heavy (non-hydrogen) atoms. The van der Waals surface area contributed by atoms with E-state index in [4.69, 9.17) is 0 Å². The lowest BCUT2D eigenvalue weighted by molar-refractivity contribution is -0.116. The highest BCUT2D eigenvalue weighted by atomic mass is 32.2. The molecule has 0 radical (unpaired) electrons. The van der Waals surface area contributed by atoms with Crippen LogP contribution in [0.25, 0.3) is 0 Å². The van der Waals surface area contributed by atoms with E-state index >= 15 is 0 Å². The summed E-state index contributed by atoms with van der Waals surface area (Å²) in [7, 11) is 0. The lowest BCUT2D eigenvalue weighted by atomic mass is 9.78. The molecule has 1 aromatic carbocycles. The van der Waals surface area contributed by atoms with Crippen LogP contribution < -0.4 is 5.32 Å². The van der Waals surface area contributed by atoms with Gasteiger partial charge >= 0.3 is 0 Å². The molecule has 0 bridgehead atoms. The van der Waals surface area contributed by atoms with Gasteiger partial charge in [0.25, 0.3) is 5.91 Å². The third kappa shape index (κ3) is 4.11. The molecule has 126 valence electrons. The predicted molar refractivity (Wildman–Crippen MR) is 97.9 cm³/mol. The van der Waals surface area contributed by atoms with Crippen LogP contribution in [0.5, 0.6) is 5.75 Å². The molecule has 2 rings (SSSR count). The number of carbonyl (C=O) groups is 1. The summed E-state index contributed by atoms with van der Waals surface area (Å²) in [4.78, 5) is 12.4. The smallest absolute Gasteiger partial charge is 0.258 e. The summed E-state index contributed by atoms with van der Waals surface area (Å²) >= 11 is 1.54. The molecule has 3 nitrogen and oxygen atoms in total. The van der Waals surface area contributed by atoms with Crippen LogP contribution in [0.2, 0.25) is 0 Å². The van der Waals surface area contributed by atoms with Gasteiger partial charge in [0.05, 0.1) is 10.8 Å². The van der Waals surface area contributed by atoms with Crippen LogP contribution in [0.1, 0.15) is 58.2 Å². The van der Waals surface area contributed by atoms with E-state index in [9.17, 15) is 9.90 Å². The van der Waals surface area contributed by atoms with E-state index in [1.165, 1.54) is 0 Å². The Labute approximate surface area is 143 Å². The van der Waals surface area contributed by atoms with Crippen molar-refractivity contribution < 1.29 is 9.90 Å². The number of aromatic hydroxyl groups is 1. The average Bonchev–Trinajstić information content (AvgIpc) is 2.80. The summed E-state index contributed by atoms with van der Waals surface area (Å²) in [6.45, 7) is 12.6. The van der Waals surface area contributed by atoms with Crippen LogP contribution in [0.4, 0.5) is 0 Å². The van der Waals surface area contributed by atoms with Crippen molar-refractivity contribution in [3.8, 4) is 5.75 Å². The molecule has 1 heterocycles. The van der Waals surface area contributed by atoms with Gasteiger partial charge in [-0.3, -0.25) is 4.79 Å². The number of thioether (sulfide) groups is 1. The first-order valence-corrected chi connectivity index (χ1v) is 8.96. The summed E-state index contributed by atoms with van der Waals surface area (Å²) in [5.41, 5.74) is 2.79. The van der Waals surface area contributed by atoms with Crippen LogP contribution in [0, 0.1) is 0 Å². The van der Waals surface area contributed by atoms with Crippen molar-refractivity contribution >= 4 is 17.7 Å².